The van der Waals surface area contributed by atoms with Crippen LogP contribution in [0.1, 0.15) is 18.5 Å². The van der Waals surface area contributed by atoms with Crippen molar-refractivity contribution in [2.75, 3.05) is 25.5 Å². The van der Waals surface area contributed by atoms with Crippen molar-refractivity contribution in [2.24, 2.45) is 11.8 Å². The van der Waals surface area contributed by atoms with Crippen molar-refractivity contribution >= 4 is 11.6 Å². The highest BCUT2D eigenvalue weighted by molar-refractivity contribution is 5.93. The molecule has 144 valence electrons. The fourth-order valence-corrected chi connectivity index (χ4v) is 4.59. The SMILES string of the molecule is C[NH2+]Cc1cn(C[C@H]2C[C@@H]3CC[NH+]2C[C@@H]3C(=O)Nc2cccc(O)c2)nn1. The minimum absolute atomic E-state index is 0.0355. The Labute approximate surface area is 158 Å². The molecule has 3 fully saturated rings. The molecule has 0 spiro atoms. The number of hydrogen-bond donors (Lipinski definition) is 4. The first-order valence-corrected chi connectivity index (χ1v) is 9.73. The summed E-state index contributed by atoms with van der Waals surface area (Å²) in [5.74, 6) is 0.688. The van der Waals surface area contributed by atoms with Gasteiger partial charge >= 0.3 is 0 Å². The number of carbonyl (C=O) groups is 1. The van der Waals surface area contributed by atoms with Crippen molar-refractivity contribution in [3.05, 3.63) is 36.2 Å². The van der Waals surface area contributed by atoms with E-state index in [4.69, 9.17) is 0 Å². The molecular formula is C19H28N6O2+2. The van der Waals surface area contributed by atoms with Gasteiger partial charge in [0.05, 0.1) is 38.8 Å². The number of nitrogens with one attached hydrogen (secondary N) is 2. The van der Waals surface area contributed by atoms with Crippen LogP contribution in [-0.2, 0) is 17.9 Å². The summed E-state index contributed by atoms with van der Waals surface area (Å²) in [6.07, 6.45) is 4.18. The predicted octanol–water partition coefficient (Wildman–Crippen LogP) is -1.39. The lowest BCUT2D eigenvalue weighted by atomic mass is 9.75. The van der Waals surface area contributed by atoms with E-state index in [0.717, 1.165) is 44.7 Å². The van der Waals surface area contributed by atoms with Crippen LogP contribution in [0.15, 0.2) is 30.5 Å². The van der Waals surface area contributed by atoms with E-state index >= 15 is 0 Å². The minimum Gasteiger partial charge on any atom is -0.508 e. The summed E-state index contributed by atoms with van der Waals surface area (Å²) in [5, 5.41) is 23.1. The Morgan fingerprint density at radius 3 is 3.11 bits per heavy atom. The van der Waals surface area contributed by atoms with Crippen molar-refractivity contribution in [2.45, 2.75) is 32.0 Å². The molecule has 5 N–H and O–H groups in total. The summed E-state index contributed by atoms with van der Waals surface area (Å²) in [4.78, 5) is 14.3. The second-order valence-corrected chi connectivity index (χ2v) is 7.78. The molecular weight excluding hydrogens is 344 g/mol. The Kier molecular flexibility index (Phi) is 5.09. The zero-order valence-corrected chi connectivity index (χ0v) is 15.6. The topological polar surface area (TPSA) is 101 Å². The predicted molar refractivity (Wildman–Crippen MR) is 99.0 cm³/mol. The molecule has 1 aromatic heterocycles. The number of nitrogens with two attached hydrogens (primary N) is 1. The first kappa shape index (κ1) is 17.9. The molecule has 3 saturated heterocycles. The number of nitrogens with zero attached hydrogens (tertiary/aromatic N) is 3. The number of rotatable bonds is 6. The van der Waals surface area contributed by atoms with Crippen LogP contribution in [0.3, 0.4) is 0 Å². The number of aromatic hydroxyl groups is 1. The Morgan fingerprint density at radius 2 is 2.37 bits per heavy atom. The van der Waals surface area contributed by atoms with E-state index < -0.39 is 0 Å². The summed E-state index contributed by atoms with van der Waals surface area (Å²) >= 11 is 0. The first-order chi connectivity index (χ1) is 13.1. The third-order valence-electron chi connectivity index (χ3n) is 5.91. The average Bonchev–Trinajstić information content (AvgIpc) is 3.09. The minimum atomic E-state index is 0.0355. The van der Waals surface area contributed by atoms with Gasteiger partial charge in [-0.05, 0) is 18.1 Å². The molecule has 5 rings (SSSR count). The Bertz CT molecular complexity index is 807. The second kappa shape index (κ2) is 7.66. The smallest absolute Gasteiger partial charge is 0.233 e. The summed E-state index contributed by atoms with van der Waals surface area (Å²) in [6, 6.07) is 7.24. The maximum absolute atomic E-state index is 12.8. The number of fused-ring (bicyclic) bond motifs is 3. The molecule has 4 heterocycles. The number of piperidine rings is 3. The first-order valence-electron chi connectivity index (χ1n) is 9.73. The standard InChI is InChI=1S/C19H26N6O2/c1-20-9-15-10-25(23-22-15)11-16-7-13-5-6-24(16)12-18(13)19(27)21-14-3-2-4-17(26)8-14/h2-4,8,10,13,16,18,20,26H,5-7,9,11-12H2,1H3,(H,21,27)/p+2/t13-,16+,18-/m0/s1. The van der Waals surface area contributed by atoms with E-state index in [-0.39, 0.29) is 17.6 Å². The molecule has 0 saturated carbocycles. The van der Waals surface area contributed by atoms with Gasteiger partial charge in [0.1, 0.15) is 24.0 Å². The van der Waals surface area contributed by atoms with E-state index in [2.05, 4.69) is 20.9 Å². The average molecular weight is 372 g/mol. The van der Waals surface area contributed by atoms with Crippen LogP contribution in [0, 0.1) is 11.8 Å². The van der Waals surface area contributed by atoms with Crippen molar-refractivity contribution in [3.63, 3.8) is 0 Å². The van der Waals surface area contributed by atoms with E-state index in [1.165, 1.54) is 4.90 Å². The summed E-state index contributed by atoms with van der Waals surface area (Å²) in [7, 11) is 2.02. The molecule has 0 aliphatic carbocycles. The number of anilines is 1. The lowest BCUT2D eigenvalue weighted by Crippen LogP contribution is -3.20. The van der Waals surface area contributed by atoms with Gasteiger partial charge in [-0.2, -0.15) is 0 Å². The van der Waals surface area contributed by atoms with Crippen LogP contribution >= 0.6 is 0 Å². The van der Waals surface area contributed by atoms with E-state index in [1.54, 1.807) is 18.2 Å². The van der Waals surface area contributed by atoms with Crippen molar-refractivity contribution in [1.82, 2.24) is 15.0 Å². The fraction of sp³-hybridized carbons (Fsp3) is 0.526. The molecule has 27 heavy (non-hydrogen) atoms. The van der Waals surface area contributed by atoms with Gasteiger partial charge < -0.3 is 20.6 Å². The maximum Gasteiger partial charge on any atom is 0.233 e. The zero-order valence-electron chi connectivity index (χ0n) is 15.6. The highest BCUT2D eigenvalue weighted by Crippen LogP contribution is 2.29. The molecule has 8 heteroatoms. The van der Waals surface area contributed by atoms with Crippen LogP contribution in [-0.4, -0.2) is 52.2 Å². The van der Waals surface area contributed by atoms with Gasteiger partial charge in [-0.25, -0.2) is 4.68 Å². The molecule has 1 amide bonds. The number of carbonyl (C=O) groups excluding carboxylic acids is 1. The molecule has 2 aromatic rings. The van der Waals surface area contributed by atoms with Crippen LogP contribution in [0.4, 0.5) is 5.69 Å². The van der Waals surface area contributed by atoms with Crippen molar-refractivity contribution < 1.29 is 20.1 Å². The highest BCUT2D eigenvalue weighted by atomic mass is 16.3. The maximum atomic E-state index is 12.8. The van der Waals surface area contributed by atoms with Gasteiger partial charge in [-0.1, -0.05) is 11.3 Å². The number of phenols is 1. The van der Waals surface area contributed by atoms with Crippen molar-refractivity contribution in [1.29, 1.82) is 0 Å². The Morgan fingerprint density at radius 1 is 1.48 bits per heavy atom. The van der Waals surface area contributed by atoms with Gasteiger partial charge in [0, 0.05) is 24.6 Å². The van der Waals surface area contributed by atoms with Gasteiger partial charge in [0.2, 0.25) is 5.91 Å². The van der Waals surface area contributed by atoms with E-state index in [0.29, 0.717) is 17.6 Å². The fourth-order valence-electron chi connectivity index (χ4n) is 4.59. The van der Waals surface area contributed by atoms with Gasteiger partial charge in [0.15, 0.2) is 0 Å². The van der Waals surface area contributed by atoms with Crippen LogP contribution < -0.4 is 15.5 Å². The lowest BCUT2D eigenvalue weighted by molar-refractivity contribution is -0.945. The van der Waals surface area contributed by atoms with Crippen LogP contribution in [0.5, 0.6) is 5.75 Å². The van der Waals surface area contributed by atoms with Gasteiger partial charge in [-0.3, -0.25) is 4.79 Å². The van der Waals surface area contributed by atoms with E-state index in [1.807, 2.05) is 24.0 Å². The van der Waals surface area contributed by atoms with Crippen LogP contribution in [0.25, 0.3) is 0 Å². The highest BCUT2D eigenvalue weighted by Gasteiger charge is 2.46. The summed E-state index contributed by atoms with van der Waals surface area (Å²) < 4.78 is 1.96. The third kappa shape index (κ3) is 3.96. The molecule has 0 radical (unpaired) electrons. The largest absolute Gasteiger partial charge is 0.508 e. The number of hydrogen-bond acceptors (Lipinski definition) is 4. The van der Waals surface area contributed by atoms with Crippen molar-refractivity contribution in [3.8, 4) is 5.75 Å². The lowest BCUT2D eigenvalue weighted by Gasteiger charge is -2.46. The zero-order chi connectivity index (χ0) is 18.8. The Hall–Kier alpha value is -2.45. The number of amides is 1. The van der Waals surface area contributed by atoms with E-state index in [9.17, 15) is 9.90 Å². The normalized spacial score (nSPS) is 26.9. The molecule has 3 aliphatic rings. The number of phenolic OH excluding ortho intramolecular Hbond substituents is 1. The number of quaternary nitrogens is 2. The van der Waals surface area contributed by atoms with Gasteiger partial charge in [0.25, 0.3) is 0 Å². The summed E-state index contributed by atoms with van der Waals surface area (Å²) in [6.45, 7) is 3.70. The van der Waals surface area contributed by atoms with Gasteiger partial charge in [-0.15, -0.1) is 5.10 Å². The number of aromatic nitrogens is 3. The van der Waals surface area contributed by atoms with Crippen LogP contribution in [0.2, 0.25) is 0 Å². The monoisotopic (exact) mass is 372 g/mol. The second-order valence-electron chi connectivity index (χ2n) is 7.78. The quantitative estimate of drug-likeness (QED) is 0.501. The summed E-state index contributed by atoms with van der Waals surface area (Å²) in [5.41, 5.74) is 1.66. The molecule has 3 aliphatic heterocycles. The Balaban J connectivity index is 1.37. The molecule has 2 bridgehead atoms. The third-order valence-corrected chi connectivity index (χ3v) is 5.91. The molecule has 1 unspecified atom stereocenters. The molecule has 4 atom stereocenters. The number of benzene rings is 1. The molecule has 1 aromatic carbocycles. The molecule has 8 nitrogen and oxygen atoms in total.